The number of quaternary nitrogens is 1. The Morgan fingerprint density at radius 1 is 0.933 bits per heavy atom. The molecule has 2 aliphatic heterocycles. The van der Waals surface area contributed by atoms with Crippen molar-refractivity contribution in [3.8, 4) is 0 Å². The van der Waals surface area contributed by atoms with Gasteiger partial charge in [0.05, 0.1) is 44.2 Å². The SMILES string of the molecule is Cc1ccc(S(=O)(=O)[O-])cc1.c1cc(N2CC[N+]3(CCCC3)CC2)c2ccsc2c1. The smallest absolute Gasteiger partial charge is 0.124 e. The molecule has 1 spiro atoms. The van der Waals surface area contributed by atoms with Gasteiger partial charge in [0.15, 0.2) is 0 Å². The van der Waals surface area contributed by atoms with Crippen LogP contribution in [0.25, 0.3) is 10.1 Å². The fourth-order valence-electron chi connectivity index (χ4n) is 4.54. The van der Waals surface area contributed by atoms with E-state index in [4.69, 9.17) is 0 Å². The summed E-state index contributed by atoms with van der Waals surface area (Å²) in [6, 6.07) is 14.8. The molecule has 1 aromatic heterocycles. The van der Waals surface area contributed by atoms with Crippen LogP contribution in [0.15, 0.2) is 58.8 Å². The fourth-order valence-corrected chi connectivity index (χ4v) is 5.82. The summed E-state index contributed by atoms with van der Waals surface area (Å²) in [6.07, 6.45) is 2.89. The minimum atomic E-state index is -4.27. The van der Waals surface area contributed by atoms with Gasteiger partial charge in [-0.15, -0.1) is 11.3 Å². The normalized spacial score (nSPS) is 18.4. The number of anilines is 1. The Labute approximate surface area is 182 Å². The predicted molar refractivity (Wildman–Crippen MR) is 122 cm³/mol. The van der Waals surface area contributed by atoms with Crippen LogP contribution < -0.4 is 4.90 Å². The van der Waals surface area contributed by atoms with Crippen LogP contribution in [0.4, 0.5) is 5.69 Å². The highest BCUT2D eigenvalue weighted by atomic mass is 32.2. The number of fused-ring (bicyclic) bond motifs is 1. The largest absolute Gasteiger partial charge is 0.744 e. The number of benzene rings is 2. The van der Waals surface area contributed by atoms with Crippen LogP contribution in [0.5, 0.6) is 0 Å². The summed E-state index contributed by atoms with van der Waals surface area (Å²) in [5, 5.41) is 3.66. The Morgan fingerprint density at radius 3 is 2.23 bits per heavy atom. The first-order valence-electron chi connectivity index (χ1n) is 10.5. The van der Waals surface area contributed by atoms with Crippen LogP contribution in [0.3, 0.4) is 0 Å². The maximum Gasteiger partial charge on any atom is 0.124 e. The average molecular weight is 445 g/mol. The van der Waals surface area contributed by atoms with Crippen molar-refractivity contribution in [3.05, 3.63) is 59.5 Å². The molecule has 0 saturated carbocycles. The Hall–Kier alpha value is -1.93. The van der Waals surface area contributed by atoms with Crippen LogP contribution in [-0.2, 0) is 10.1 Å². The highest BCUT2D eigenvalue weighted by molar-refractivity contribution is 7.85. The van der Waals surface area contributed by atoms with E-state index in [0.29, 0.717) is 0 Å². The zero-order valence-electron chi connectivity index (χ0n) is 17.3. The standard InChI is InChI=1S/C16H21N2S.C7H8O3S/c1-2-10-18(9-1)11-7-17(8-12-18)15-4-3-5-16-14(15)6-13-19-16;1-6-2-4-7(5-3-6)11(8,9)10/h3-6,13H,1-2,7-12H2;2-5H,1H3,(H,8,9,10)/q+1;/p-1. The molecule has 160 valence electrons. The Morgan fingerprint density at radius 2 is 1.60 bits per heavy atom. The van der Waals surface area contributed by atoms with Crippen molar-refractivity contribution in [1.29, 1.82) is 0 Å². The van der Waals surface area contributed by atoms with Crippen LogP contribution in [0, 0.1) is 6.92 Å². The molecule has 0 N–H and O–H groups in total. The molecule has 5 rings (SSSR count). The van der Waals surface area contributed by atoms with E-state index in [1.54, 1.807) is 12.1 Å². The summed E-state index contributed by atoms with van der Waals surface area (Å²) in [6.45, 7) is 9.83. The number of nitrogens with zero attached hydrogens (tertiary/aromatic N) is 2. The van der Waals surface area contributed by atoms with Gasteiger partial charge in [-0.05, 0) is 42.6 Å². The molecule has 0 bridgehead atoms. The second-order valence-corrected chi connectivity index (χ2v) is 10.6. The molecular weight excluding hydrogens is 416 g/mol. The third-order valence-corrected chi connectivity index (χ3v) is 8.06. The first-order valence-corrected chi connectivity index (χ1v) is 12.7. The molecule has 2 saturated heterocycles. The lowest BCUT2D eigenvalue weighted by atomic mass is 10.1. The molecule has 0 atom stereocenters. The Bertz CT molecular complexity index is 1090. The summed E-state index contributed by atoms with van der Waals surface area (Å²) in [5.74, 6) is 0. The topological polar surface area (TPSA) is 60.4 Å². The molecule has 3 heterocycles. The van der Waals surface area contributed by atoms with Gasteiger partial charge in [0.2, 0.25) is 0 Å². The lowest BCUT2D eigenvalue weighted by Crippen LogP contribution is -2.58. The predicted octanol–water partition coefficient (Wildman–Crippen LogP) is 4.23. The molecule has 0 radical (unpaired) electrons. The lowest BCUT2D eigenvalue weighted by molar-refractivity contribution is -0.917. The zero-order chi connectivity index (χ0) is 21.2. The van der Waals surface area contributed by atoms with E-state index in [1.165, 1.54) is 84.5 Å². The van der Waals surface area contributed by atoms with Gasteiger partial charge >= 0.3 is 0 Å². The number of aryl methyl sites for hydroxylation is 1. The van der Waals surface area contributed by atoms with Crippen molar-refractivity contribution in [2.45, 2.75) is 24.7 Å². The van der Waals surface area contributed by atoms with Gasteiger partial charge in [0.25, 0.3) is 0 Å². The molecular formula is C23H28N2O3S2. The van der Waals surface area contributed by atoms with Crippen molar-refractivity contribution in [3.63, 3.8) is 0 Å². The molecule has 0 amide bonds. The van der Waals surface area contributed by atoms with E-state index >= 15 is 0 Å². The van der Waals surface area contributed by atoms with E-state index in [-0.39, 0.29) is 4.90 Å². The molecule has 0 aliphatic carbocycles. The van der Waals surface area contributed by atoms with Gasteiger partial charge in [-0.3, -0.25) is 0 Å². The lowest BCUT2D eigenvalue weighted by Gasteiger charge is -2.43. The van der Waals surface area contributed by atoms with Crippen LogP contribution in [0.1, 0.15) is 18.4 Å². The monoisotopic (exact) mass is 444 g/mol. The number of rotatable bonds is 2. The van der Waals surface area contributed by atoms with Gasteiger partial charge in [-0.25, -0.2) is 8.42 Å². The first-order chi connectivity index (χ1) is 14.4. The summed E-state index contributed by atoms with van der Waals surface area (Å²) in [7, 11) is -4.27. The molecule has 30 heavy (non-hydrogen) atoms. The van der Waals surface area contributed by atoms with Gasteiger partial charge in [-0.1, -0.05) is 23.8 Å². The van der Waals surface area contributed by atoms with Crippen molar-refractivity contribution in [1.82, 2.24) is 0 Å². The third kappa shape index (κ3) is 4.70. The van der Waals surface area contributed by atoms with Crippen LogP contribution >= 0.6 is 11.3 Å². The first kappa shape index (κ1) is 21.3. The highest BCUT2D eigenvalue weighted by Crippen LogP contribution is 2.32. The summed E-state index contributed by atoms with van der Waals surface area (Å²) in [4.78, 5) is 2.43. The van der Waals surface area contributed by atoms with Crippen LogP contribution in [0.2, 0.25) is 0 Å². The number of hydrogen-bond acceptors (Lipinski definition) is 5. The second-order valence-electron chi connectivity index (χ2n) is 8.31. The fraction of sp³-hybridized carbons (Fsp3) is 0.391. The van der Waals surface area contributed by atoms with E-state index in [9.17, 15) is 13.0 Å². The Kier molecular flexibility index (Phi) is 6.16. The number of thiophene rings is 1. The van der Waals surface area contributed by atoms with Gasteiger partial charge in [0, 0.05) is 28.6 Å². The molecule has 2 aromatic carbocycles. The summed E-state index contributed by atoms with van der Waals surface area (Å²) < 4.78 is 34.0. The molecule has 7 heteroatoms. The molecule has 3 aromatic rings. The van der Waals surface area contributed by atoms with Crippen molar-refractivity contribution in [2.24, 2.45) is 0 Å². The van der Waals surface area contributed by atoms with E-state index in [0.717, 1.165) is 5.56 Å². The Balaban J connectivity index is 0.000000170. The van der Waals surface area contributed by atoms with E-state index < -0.39 is 10.1 Å². The molecule has 2 fully saturated rings. The van der Waals surface area contributed by atoms with Crippen LogP contribution in [-0.4, -0.2) is 56.7 Å². The van der Waals surface area contributed by atoms with E-state index in [2.05, 4.69) is 34.5 Å². The minimum absolute atomic E-state index is 0.178. The van der Waals surface area contributed by atoms with Gasteiger partial charge in [0.1, 0.15) is 10.1 Å². The average Bonchev–Trinajstić information content (AvgIpc) is 3.38. The molecule has 0 unspecified atom stereocenters. The van der Waals surface area contributed by atoms with Gasteiger partial charge < -0.3 is 13.9 Å². The molecule has 5 nitrogen and oxygen atoms in total. The quantitative estimate of drug-likeness (QED) is 0.438. The third-order valence-electron chi connectivity index (χ3n) is 6.33. The summed E-state index contributed by atoms with van der Waals surface area (Å²) >= 11 is 1.85. The minimum Gasteiger partial charge on any atom is -0.744 e. The maximum absolute atomic E-state index is 10.4. The zero-order valence-corrected chi connectivity index (χ0v) is 18.9. The van der Waals surface area contributed by atoms with Crippen molar-refractivity contribution < 1.29 is 17.5 Å². The van der Waals surface area contributed by atoms with Gasteiger partial charge in [-0.2, -0.15) is 0 Å². The van der Waals surface area contributed by atoms with E-state index in [1.807, 2.05) is 18.3 Å². The highest BCUT2D eigenvalue weighted by Gasteiger charge is 2.35. The number of hydrogen-bond donors (Lipinski definition) is 0. The number of piperazine rings is 1. The summed E-state index contributed by atoms with van der Waals surface area (Å²) in [5.41, 5.74) is 2.38. The molecule has 2 aliphatic rings. The van der Waals surface area contributed by atoms with Crippen molar-refractivity contribution >= 4 is 37.2 Å². The second kappa shape index (κ2) is 8.67. The maximum atomic E-state index is 10.4. The van der Waals surface area contributed by atoms with Crippen molar-refractivity contribution in [2.75, 3.05) is 44.2 Å².